The zero-order valence-electron chi connectivity index (χ0n) is 19.9. The molecule has 1 saturated carbocycles. The van der Waals surface area contributed by atoms with E-state index >= 15 is 0 Å². The van der Waals surface area contributed by atoms with Crippen molar-refractivity contribution in [3.05, 3.63) is 41.2 Å². The van der Waals surface area contributed by atoms with Crippen LogP contribution in [0.1, 0.15) is 53.4 Å². The first-order valence-corrected chi connectivity index (χ1v) is 12.4. The summed E-state index contributed by atoms with van der Waals surface area (Å²) >= 11 is 6.20. The molecule has 33 heavy (non-hydrogen) atoms. The average molecular weight is 473 g/mol. The third-order valence-electron chi connectivity index (χ3n) is 7.52. The van der Waals surface area contributed by atoms with E-state index in [4.69, 9.17) is 16.3 Å². The number of nitrogens with one attached hydrogen (secondary N) is 1. The third kappa shape index (κ3) is 5.03. The predicted octanol–water partition coefficient (Wildman–Crippen LogP) is 5.79. The molecule has 3 aliphatic rings. The Morgan fingerprint density at radius 1 is 1.00 bits per heavy atom. The van der Waals surface area contributed by atoms with Gasteiger partial charge >= 0.3 is 0 Å². The molecule has 178 valence electrons. The van der Waals surface area contributed by atoms with E-state index in [2.05, 4.69) is 48.1 Å². The number of anilines is 1. The van der Waals surface area contributed by atoms with Gasteiger partial charge in [-0.25, -0.2) is 4.39 Å². The lowest BCUT2D eigenvalue weighted by Gasteiger charge is -2.48. The van der Waals surface area contributed by atoms with Gasteiger partial charge in [-0.05, 0) is 95.5 Å². The van der Waals surface area contributed by atoms with Gasteiger partial charge in [0.1, 0.15) is 11.6 Å². The maximum atomic E-state index is 13.6. The molecule has 3 atom stereocenters. The molecular formula is C26H34ClFN4O. The molecule has 1 unspecified atom stereocenters. The van der Waals surface area contributed by atoms with Crippen molar-refractivity contribution in [1.29, 1.82) is 0 Å². The normalized spacial score (nSPS) is 29.2. The summed E-state index contributed by atoms with van der Waals surface area (Å²) in [5, 5.41) is 12.7. The van der Waals surface area contributed by atoms with Crippen molar-refractivity contribution >= 4 is 17.4 Å². The molecule has 2 aliphatic heterocycles. The number of ether oxygens (including phenoxy) is 1. The van der Waals surface area contributed by atoms with Gasteiger partial charge in [0.05, 0.1) is 21.9 Å². The number of hydrogen-bond acceptors (Lipinski definition) is 5. The highest BCUT2D eigenvalue weighted by molar-refractivity contribution is 6.33. The van der Waals surface area contributed by atoms with Gasteiger partial charge < -0.3 is 10.1 Å². The molecule has 1 aliphatic carbocycles. The molecule has 7 heteroatoms. The topological polar surface area (TPSA) is 50.3 Å². The second kappa shape index (κ2) is 8.47. The number of likely N-dealkylation sites (tertiary alicyclic amines) is 1. The van der Waals surface area contributed by atoms with Crippen LogP contribution in [0.5, 0.6) is 0 Å². The van der Waals surface area contributed by atoms with E-state index in [0.29, 0.717) is 28.4 Å². The van der Waals surface area contributed by atoms with Crippen LogP contribution in [-0.2, 0) is 4.74 Å². The lowest BCUT2D eigenvalue weighted by atomic mass is 9.84. The van der Waals surface area contributed by atoms with E-state index in [0.717, 1.165) is 43.3 Å². The number of halogens is 2. The zero-order chi connectivity index (χ0) is 23.4. The van der Waals surface area contributed by atoms with Crippen molar-refractivity contribution in [2.75, 3.05) is 18.4 Å². The Balaban J connectivity index is 1.18. The van der Waals surface area contributed by atoms with Gasteiger partial charge in [-0.2, -0.15) is 0 Å². The minimum absolute atomic E-state index is 0.0607. The first-order valence-electron chi connectivity index (χ1n) is 12.1. The SMILES string of the molecule is CC1(C)CC(N2C[C@H]3CC(Nc4ccc(-c5cc(F)ccc5Cl)nn4)C[C@H]3C2)CC(C)(C)O1. The average Bonchev–Trinajstić information content (AvgIpc) is 3.27. The predicted molar refractivity (Wildman–Crippen MR) is 130 cm³/mol. The van der Waals surface area contributed by atoms with Gasteiger partial charge in [0.2, 0.25) is 0 Å². The molecule has 3 fully saturated rings. The van der Waals surface area contributed by atoms with Crippen molar-refractivity contribution in [3.8, 4) is 11.3 Å². The summed E-state index contributed by atoms with van der Waals surface area (Å²) in [5.74, 6) is 1.89. The van der Waals surface area contributed by atoms with E-state index < -0.39 is 0 Å². The fourth-order valence-corrected chi connectivity index (χ4v) is 6.72. The van der Waals surface area contributed by atoms with Crippen molar-refractivity contribution in [2.45, 2.75) is 76.7 Å². The summed E-state index contributed by atoms with van der Waals surface area (Å²) in [5.41, 5.74) is 1.01. The molecule has 2 aromatic rings. The Morgan fingerprint density at radius 3 is 2.27 bits per heavy atom. The number of benzene rings is 1. The minimum Gasteiger partial charge on any atom is -0.370 e. The highest BCUT2D eigenvalue weighted by Gasteiger charge is 2.47. The van der Waals surface area contributed by atoms with Gasteiger partial charge in [-0.3, -0.25) is 4.90 Å². The minimum atomic E-state index is -0.335. The first-order chi connectivity index (χ1) is 15.6. The highest BCUT2D eigenvalue weighted by atomic mass is 35.5. The smallest absolute Gasteiger partial charge is 0.148 e. The second-order valence-corrected chi connectivity index (χ2v) is 11.8. The maximum absolute atomic E-state index is 13.6. The Bertz CT molecular complexity index is 982. The van der Waals surface area contributed by atoms with Crippen LogP contribution in [0.4, 0.5) is 10.2 Å². The highest BCUT2D eigenvalue weighted by Crippen LogP contribution is 2.44. The monoisotopic (exact) mass is 472 g/mol. The molecule has 1 aromatic heterocycles. The van der Waals surface area contributed by atoms with E-state index in [1.54, 1.807) is 6.07 Å². The first kappa shape index (κ1) is 23.0. The molecule has 1 N–H and O–H groups in total. The number of hydrogen-bond donors (Lipinski definition) is 1. The van der Waals surface area contributed by atoms with Gasteiger partial charge in [0.15, 0.2) is 0 Å². The summed E-state index contributed by atoms with van der Waals surface area (Å²) in [4.78, 5) is 2.73. The quantitative estimate of drug-likeness (QED) is 0.609. The molecule has 1 aromatic carbocycles. The molecular weight excluding hydrogens is 439 g/mol. The number of rotatable bonds is 4. The lowest BCUT2D eigenvalue weighted by Crippen LogP contribution is -2.52. The van der Waals surface area contributed by atoms with Crippen molar-refractivity contribution in [1.82, 2.24) is 15.1 Å². The van der Waals surface area contributed by atoms with Crippen LogP contribution in [0.25, 0.3) is 11.3 Å². The van der Waals surface area contributed by atoms with Crippen LogP contribution in [0.3, 0.4) is 0 Å². The number of nitrogens with zero attached hydrogens (tertiary/aromatic N) is 3. The molecule has 0 bridgehead atoms. The largest absolute Gasteiger partial charge is 0.370 e. The molecule has 5 nitrogen and oxygen atoms in total. The summed E-state index contributed by atoms with van der Waals surface area (Å²) < 4.78 is 19.9. The Kier molecular flexibility index (Phi) is 5.91. The number of aromatic nitrogens is 2. The van der Waals surface area contributed by atoms with E-state index in [-0.39, 0.29) is 17.0 Å². The Hall–Kier alpha value is -1.76. The molecule has 2 saturated heterocycles. The standard InChI is InChI=1S/C26H34ClFN4O/c1-25(2)12-20(13-26(3,4)33-25)32-14-16-9-19(10-17(16)15-32)29-24-8-7-23(30-31-24)21-11-18(28)5-6-22(21)27/h5-8,11,16-17,19-20H,9-10,12-15H2,1-4H3,(H,29,31)/t16-,17+,19?. The second-order valence-electron chi connectivity index (χ2n) is 11.4. The summed E-state index contributed by atoms with van der Waals surface area (Å²) in [6, 6.07) is 9.07. The molecule has 3 heterocycles. The van der Waals surface area contributed by atoms with Crippen LogP contribution in [-0.4, -0.2) is 51.5 Å². The Morgan fingerprint density at radius 2 is 1.67 bits per heavy atom. The van der Waals surface area contributed by atoms with E-state index in [9.17, 15) is 4.39 Å². The van der Waals surface area contributed by atoms with Crippen LogP contribution in [0.15, 0.2) is 30.3 Å². The molecule has 0 spiro atoms. The van der Waals surface area contributed by atoms with E-state index in [1.165, 1.54) is 25.2 Å². The number of fused-ring (bicyclic) bond motifs is 1. The lowest BCUT2D eigenvalue weighted by molar-refractivity contribution is -0.176. The van der Waals surface area contributed by atoms with E-state index in [1.807, 2.05) is 12.1 Å². The van der Waals surface area contributed by atoms with Crippen LogP contribution in [0, 0.1) is 17.7 Å². The summed E-state index contributed by atoms with van der Waals surface area (Å²) in [7, 11) is 0. The summed E-state index contributed by atoms with van der Waals surface area (Å²) in [6.07, 6.45) is 4.54. The van der Waals surface area contributed by atoms with Gasteiger partial charge in [-0.15, -0.1) is 10.2 Å². The third-order valence-corrected chi connectivity index (χ3v) is 7.85. The van der Waals surface area contributed by atoms with Gasteiger partial charge in [0, 0.05) is 30.7 Å². The fourth-order valence-electron chi connectivity index (χ4n) is 6.50. The van der Waals surface area contributed by atoms with Crippen molar-refractivity contribution < 1.29 is 9.13 Å². The van der Waals surface area contributed by atoms with Crippen molar-refractivity contribution in [2.24, 2.45) is 11.8 Å². The fraction of sp³-hybridized carbons (Fsp3) is 0.615. The van der Waals surface area contributed by atoms with Gasteiger partial charge in [-0.1, -0.05) is 11.6 Å². The van der Waals surface area contributed by atoms with Crippen molar-refractivity contribution in [3.63, 3.8) is 0 Å². The molecule has 5 rings (SSSR count). The summed E-state index contributed by atoms with van der Waals surface area (Å²) in [6.45, 7) is 11.3. The van der Waals surface area contributed by atoms with Crippen LogP contribution >= 0.6 is 11.6 Å². The zero-order valence-corrected chi connectivity index (χ0v) is 20.7. The maximum Gasteiger partial charge on any atom is 0.148 e. The molecule has 0 radical (unpaired) electrons. The Labute approximate surface area is 201 Å². The van der Waals surface area contributed by atoms with Crippen LogP contribution in [0.2, 0.25) is 5.02 Å². The molecule has 0 amide bonds. The van der Waals surface area contributed by atoms with Crippen LogP contribution < -0.4 is 5.32 Å². The van der Waals surface area contributed by atoms with Gasteiger partial charge in [0.25, 0.3) is 0 Å².